The molecule has 0 aromatic carbocycles. The van der Waals surface area contributed by atoms with E-state index < -0.39 is 0 Å². The van der Waals surface area contributed by atoms with Gasteiger partial charge in [-0.05, 0) is 6.42 Å². The minimum Gasteiger partial charge on any atom is -0.340 e. The second-order valence-electron chi connectivity index (χ2n) is 3.95. The summed E-state index contributed by atoms with van der Waals surface area (Å²) >= 11 is 0. The Hall–Kier alpha value is -1.65. The number of aromatic amines is 1. The van der Waals surface area contributed by atoms with Gasteiger partial charge in [0.1, 0.15) is 5.52 Å². The quantitative estimate of drug-likeness (QED) is 0.753. The van der Waals surface area contributed by atoms with Crippen LogP contribution in [-0.4, -0.2) is 19.5 Å². The Morgan fingerprint density at radius 1 is 1.31 bits per heavy atom. The molecule has 16 heavy (non-hydrogen) atoms. The fourth-order valence-electron chi connectivity index (χ4n) is 1.80. The molecule has 0 amide bonds. The van der Waals surface area contributed by atoms with E-state index >= 15 is 0 Å². The topological polar surface area (TPSA) is 70.3 Å². The van der Waals surface area contributed by atoms with Gasteiger partial charge in [0.25, 0.3) is 0 Å². The van der Waals surface area contributed by atoms with Crippen LogP contribution < -0.4 is 5.49 Å². The summed E-state index contributed by atoms with van der Waals surface area (Å²) < 4.78 is 2.01. The number of imidazole rings is 1. The van der Waals surface area contributed by atoms with Crippen molar-refractivity contribution in [3.8, 4) is 0 Å². The van der Waals surface area contributed by atoms with Gasteiger partial charge in [0.2, 0.25) is 0 Å². The monoisotopic (exact) mass is 219 g/mol. The van der Waals surface area contributed by atoms with Gasteiger partial charge in [-0.15, -0.1) is 0 Å². The molecule has 0 aliphatic rings. The molecule has 2 heterocycles. The largest absolute Gasteiger partial charge is 0.340 e. The van der Waals surface area contributed by atoms with E-state index in [4.69, 9.17) is 5.41 Å². The minimum atomic E-state index is 0.261. The Morgan fingerprint density at radius 3 is 3.00 bits per heavy atom. The number of H-pyrrole nitrogens is 1. The van der Waals surface area contributed by atoms with Crippen molar-refractivity contribution in [3.05, 3.63) is 18.1 Å². The minimum absolute atomic E-state index is 0.261. The predicted octanol–water partition coefficient (Wildman–Crippen LogP) is 1.82. The van der Waals surface area contributed by atoms with Crippen LogP contribution in [0.4, 0.5) is 0 Å². The molecule has 2 rings (SSSR count). The third-order valence-corrected chi connectivity index (χ3v) is 2.71. The lowest BCUT2D eigenvalue weighted by Gasteiger charge is -2.06. The summed E-state index contributed by atoms with van der Waals surface area (Å²) in [6.45, 7) is 3.13. The molecular weight excluding hydrogens is 202 g/mol. The first-order chi connectivity index (χ1) is 7.83. The van der Waals surface area contributed by atoms with Gasteiger partial charge in [0.15, 0.2) is 11.1 Å². The van der Waals surface area contributed by atoms with E-state index in [1.807, 2.05) is 4.57 Å². The van der Waals surface area contributed by atoms with Crippen LogP contribution in [0, 0.1) is 5.41 Å². The van der Waals surface area contributed by atoms with Crippen LogP contribution in [-0.2, 0) is 6.54 Å². The number of rotatable bonds is 5. The molecule has 2 aromatic rings. The number of hydrogen-bond acceptors (Lipinski definition) is 3. The molecule has 5 heteroatoms. The van der Waals surface area contributed by atoms with E-state index in [1.54, 1.807) is 12.7 Å². The van der Waals surface area contributed by atoms with Crippen molar-refractivity contribution < 1.29 is 0 Å². The molecule has 0 aliphatic carbocycles. The highest BCUT2D eigenvalue weighted by molar-refractivity contribution is 5.68. The Balaban J connectivity index is 2.15. The summed E-state index contributed by atoms with van der Waals surface area (Å²) in [6.07, 6.45) is 8.21. The number of unbranched alkanes of at least 4 members (excludes halogenated alkanes) is 3. The van der Waals surface area contributed by atoms with Crippen LogP contribution in [0.3, 0.4) is 0 Å². The van der Waals surface area contributed by atoms with Crippen molar-refractivity contribution in [1.29, 1.82) is 5.41 Å². The normalized spacial score (nSPS) is 11.1. The summed E-state index contributed by atoms with van der Waals surface area (Å²) in [4.78, 5) is 11.2. The molecule has 2 N–H and O–H groups in total. The zero-order valence-electron chi connectivity index (χ0n) is 9.53. The second-order valence-corrected chi connectivity index (χ2v) is 3.95. The first kappa shape index (κ1) is 10.9. The molecule has 0 radical (unpaired) electrons. The van der Waals surface area contributed by atoms with Gasteiger partial charge >= 0.3 is 0 Å². The van der Waals surface area contributed by atoms with Crippen LogP contribution in [0.1, 0.15) is 32.6 Å². The van der Waals surface area contributed by atoms with Crippen molar-refractivity contribution in [1.82, 2.24) is 19.5 Å². The van der Waals surface area contributed by atoms with E-state index in [1.165, 1.54) is 19.3 Å². The number of hydrogen-bond donors (Lipinski definition) is 2. The number of aromatic nitrogens is 4. The van der Waals surface area contributed by atoms with Gasteiger partial charge in [0, 0.05) is 6.54 Å². The van der Waals surface area contributed by atoms with Crippen molar-refractivity contribution in [2.24, 2.45) is 0 Å². The average molecular weight is 219 g/mol. The van der Waals surface area contributed by atoms with Crippen molar-refractivity contribution in [2.45, 2.75) is 39.2 Å². The standard InChI is InChI=1S/C11H17N5/c1-2-3-4-5-6-16-8-15-10(12)9-11(16)14-7-13-9/h7-8,12H,2-6H2,1H3,(H,13,14). The molecule has 2 aromatic heterocycles. The molecule has 0 spiro atoms. The van der Waals surface area contributed by atoms with Gasteiger partial charge in [-0.1, -0.05) is 26.2 Å². The summed E-state index contributed by atoms with van der Waals surface area (Å²) in [5.74, 6) is 0. The smallest absolute Gasteiger partial charge is 0.173 e. The van der Waals surface area contributed by atoms with E-state index in [-0.39, 0.29) is 5.49 Å². The van der Waals surface area contributed by atoms with Crippen molar-refractivity contribution in [2.75, 3.05) is 0 Å². The van der Waals surface area contributed by atoms with E-state index in [0.29, 0.717) is 0 Å². The number of fused-ring (bicyclic) bond motifs is 1. The second kappa shape index (κ2) is 4.92. The van der Waals surface area contributed by atoms with Gasteiger partial charge in [-0.2, -0.15) is 0 Å². The van der Waals surface area contributed by atoms with Crippen LogP contribution in [0.5, 0.6) is 0 Å². The molecule has 5 nitrogen and oxygen atoms in total. The van der Waals surface area contributed by atoms with Crippen LogP contribution in [0.25, 0.3) is 11.2 Å². The van der Waals surface area contributed by atoms with Crippen LogP contribution in [0.15, 0.2) is 12.7 Å². The lowest BCUT2D eigenvalue weighted by Crippen LogP contribution is -2.12. The molecule has 0 atom stereocenters. The third-order valence-electron chi connectivity index (χ3n) is 2.71. The highest BCUT2D eigenvalue weighted by atomic mass is 15.1. The van der Waals surface area contributed by atoms with Gasteiger partial charge in [0.05, 0.1) is 12.7 Å². The zero-order valence-corrected chi connectivity index (χ0v) is 9.53. The molecule has 86 valence electrons. The molecule has 0 saturated heterocycles. The molecule has 0 fully saturated rings. The molecule has 0 saturated carbocycles. The predicted molar refractivity (Wildman–Crippen MR) is 61.9 cm³/mol. The summed E-state index contributed by atoms with van der Waals surface area (Å²) in [5.41, 5.74) is 1.81. The summed E-state index contributed by atoms with van der Waals surface area (Å²) in [5, 5.41) is 7.62. The van der Waals surface area contributed by atoms with Gasteiger partial charge in [-0.25, -0.2) is 9.97 Å². The maximum atomic E-state index is 7.62. The lowest BCUT2D eigenvalue weighted by atomic mass is 10.2. The summed E-state index contributed by atoms with van der Waals surface area (Å²) in [6, 6.07) is 0. The summed E-state index contributed by atoms with van der Waals surface area (Å²) in [7, 11) is 0. The highest BCUT2D eigenvalue weighted by Gasteiger charge is 2.03. The Labute approximate surface area is 94.1 Å². The van der Waals surface area contributed by atoms with Gasteiger partial charge in [-0.3, -0.25) is 5.41 Å². The molecule has 0 aliphatic heterocycles. The molecular formula is C11H17N5. The van der Waals surface area contributed by atoms with Gasteiger partial charge < -0.3 is 9.55 Å². The Kier molecular flexibility index (Phi) is 3.34. The SMILES string of the molecule is CCCCCCn1cnc(=N)c2[nH]cnc21. The van der Waals surface area contributed by atoms with E-state index in [9.17, 15) is 0 Å². The van der Waals surface area contributed by atoms with E-state index in [2.05, 4.69) is 21.9 Å². The number of nitrogens with one attached hydrogen (secondary N) is 2. The first-order valence-corrected chi connectivity index (χ1v) is 5.76. The first-order valence-electron chi connectivity index (χ1n) is 5.76. The van der Waals surface area contributed by atoms with Crippen molar-refractivity contribution in [3.63, 3.8) is 0 Å². The van der Waals surface area contributed by atoms with Crippen LogP contribution in [0.2, 0.25) is 0 Å². The Bertz CT molecular complexity index is 510. The fraction of sp³-hybridized carbons (Fsp3) is 0.545. The molecule has 0 unspecified atom stereocenters. The average Bonchev–Trinajstić information content (AvgIpc) is 2.77. The Morgan fingerprint density at radius 2 is 2.19 bits per heavy atom. The maximum Gasteiger partial charge on any atom is 0.173 e. The lowest BCUT2D eigenvalue weighted by molar-refractivity contribution is 0.583. The zero-order chi connectivity index (χ0) is 11.4. The maximum absolute atomic E-state index is 7.62. The third kappa shape index (κ3) is 2.13. The highest BCUT2D eigenvalue weighted by Crippen LogP contribution is 2.06. The van der Waals surface area contributed by atoms with Crippen LogP contribution >= 0.6 is 0 Å². The van der Waals surface area contributed by atoms with E-state index in [0.717, 1.165) is 24.1 Å². The fourth-order valence-corrected chi connectivity index (χ4v) is 1.80. The number of aryl methyl sites for hydroxylation is 1. The number of nitrogens with zero attached hydrogens (tertiary/aromatic N) is 3. The van der Waals surface area contributed by atoms with Crippen molar-refractivity contribution >= 4 is 11.2 Å². The molecule has 0 bridgehead atoms.